The van der Waals surface area contributed by atoms with Crippen LogP contribution >= 0.6 is 12.2 Å². The van der Waals surface area contributed by atoms with E-state index in [4.69, 9.17) is 4.74 Å². The van der Waals surface area contributed by atoms with Crippen LogP contribution in [0.25, 0.3) is 0 Å². The molecule has 0 aliphatic carbocycles. The van der Waals surface area contributed by atoms with Gasteiger partial charge in [-0.25, -0.2) is 0 Å². The number of thiocarbonyl (C=S) groups is 1. The summed E-state index contributed by atoms with van der Waals surface area (Å²) >= 11 is 4.07. The first kappa shape index (κ1) is 15.4. The number of hydrogen-bond donors (Lipinski definition) is 0. The van der Waals surface area contributed by atoms with E-state index in [-0.39, 0.29) is 26.3 Å². The van der Waals surface area contributed by atoms with Crippen molar-refractivity contribution in [3.8, 4) is 0 Å². The van der Waals surface area contributed by atoms with Crippen molar-refractivity contribution in [2.75, 3.05) is 26.3 Å². The fourth-order valence-electron chi connectivity index (χ4n) is 1.28. The molecule has 106 valence electrons. The maximum atomic E-state index is 13.2. The molecule has 1 rings (SSSR count). The molecule has 1 heterocycles. The number of rotatable bonds is 2. The molecule has 0 aromatic heterocycles. The molecule has 0 saturated carbocycles. The molecule has 0 N–H and O–H groups in total. The van der Waals surface area contributed by atoms with E-state index in [2.05, 4.69) is 12.2 Å². The molecule has 1 aliphatic rings. The van der Waals surface area contributed by atoms with Gasteiger partial charge in [0.15, 0.2) is 4.99 Å². The molecule has 0 unspecified atom stereocenters. The van der Waals surface area contributed by atoms with Crippen LogP contribution in [0.4, 0.5) is 30.7 Å². The Kier molecular flexibility index (Phi) is 4.11. The molecule has 0 radical (unpaired) electrons. The van der Waals surface area contributed by atoms with E-state index in [1.165, 1.54) is 0 Å². The standard InChI is InChI=1S/C8H8F7NOS/c9-6(10,7(11,12)8(13,14)15)5(18)16-1-3-17-4-2-16/h1-4H2. The minimum Gasteiger partial charge on any atom is -0.378 e. The zero-order valence-electron chi connectivity index (χ0n) is 8.74. The van der Waals surface area contributed by atoms with E-state index in [0.717, 1.165) is 0 Å². The summed E-state index contributed by atoms with van der Waals surface area (Å²) in [6, 6.07) is 0. The molecule has 1 saturated heterocycles. The van der Waals surface area contributed by atoms with Gasteiger partial charge in [0.05, 0.1) is 13.2 Å². The summed E-state index contributed by atoms with van der Waals surface area (Å²) < 4.78 is 92.3. The van der Waals surface area contributed by atoms with Gasteiger partial charge in [0.25, 0.3) is 0 Å². The Balaban J connectivity index is 2.94. The van der Waals surface area contributed by atoms with E-state index >= 15 is 0 Å². The molecule has 2 nitrogen and oxygen atoms in total. The monoisotopic (exact) mass is 299 g/mol. The van der Waals surface area contributed by atoms with Crippen LogP contribution in [0.1, 0.15) is 0 Å². The fourth-order valence-corrected chi connectivity index (χ4v) is 1.59. The summed E-state index contributed by atoms with van der Waals surface area (Å²) in [7, 11) is 0. The van der Waals surface area contributed by atoms with Crippen molar-refractivity contribution in [1.29, 1.82) is 0 Å². The molecule has 1 fully saturated rings. The first-order valence-corrected chi connectivity index (χ1v) is 5.12. The minimum absolute atomic E-state index is 0.0617. The average molecular weight is 299 g/mol. The van der Waals surface area contributed by atoms with Crippen LogP contribution in [0.15, 0.2) is 0 Å². The zero-order chi connectivity index (χ0) is 14.2. The Hall–Kier alpha value is -0.640. The highest BCUT2D eigenvalue weighted by Gasteiger charge is 2.75. The van der Waals surface area contributed by atoms with E-state index < -0.39 is 23.0 Å². The summed E-state index contributed by atoms with van der Waals surface area (Å²) in [5.74, 6) is -11.7. The fraction of sp³-hybridized carbons (Fsp3) is 0.875. The van der Waals surface area contributed by atoms with E-state index in [9.17, 15) is 30.7 Å². The highest BCUT2D eigenvalue weighted by molar-refractivity contribution is 7.80. The lowest BCUT2D eigenvalue weighted by atomic mass is 10.1. The second-order valence-corrected chi connectivity index (χ2v) is 3.94. The van der Waals surface area contributed by atoms with Crippen LogP contribution in [-0.2, 0) is 4.74 Å². The van der Waals surface area contributed by atoms with Crippen LogP contribution in [-0.4, -0.2) is 54.2 Å². The Labute approximate surface area is 103 Å². The molecule has 0 atom stereocenters. The lowest BCUT2D eigenvalue weighted by molar-refractivity contribution is -0.337. The molecule has 0 spiro atoms. The lowest BCUT2D eigenvalue weighted by Gasteiger charge is -2.36. The van der Waals surface area contributed by atoms with Gasteiger partial charge in [-0.15, -0.1) is 0 Å². The van der Waals surface area contributed by atoms with E-state index in [0.29, 0.717) is 4.90 Å². The number of morpholine rings is 1. The van der Waals surface area contributed by atoms with Gasteiger partial charge in [-0.3, -0.25) is 0 Å². The molecular formula is C8H8F7NOS. The van der Waals surface area contributed by atoms with Gasteiger partial charge in [-0.2, -0.15) is 30.7 Å². The zero-order valence-corrected chi connectivity index (χ0v) is 9.55. The van der Waals surface area contributed by atoms with Crippen LogP contribution in [0.5, 0.6) is 0 Å². The summed E-state index contributed by atoms with van der Waals surface area (Å²) in [6.45, 7) is -0.619. The van der Waals surface area contributed by atoms with Gasteiger partial charge >= 0.3 is 18.0 Å². The predicted octanol–water partition coefficient (Wildman–Crippen LogP) is 2.48. The summed E-state index contributed by atoms with van der Waals surface area (Å²) in [5, 5.41) is 0. The van der Waals surface area contributed by atoms with Gasteiger partial charge in [-0.1, -0.05) is 12.2 Å². The number of ether oxygens (including phenoxy) is 1. The van der Waals surface area contributed by atoms with Crippen molar-refractivity contribution in [2.24, 2.45) is 0 Å². The van der Waals surface area contributed by atoms with Crippen LogP contribution in [0, 0.1) is 0 Å². The SMILES string of the molecule is FC(F)(F)C(F)(F)C(F)(F)C(=S)N1CCOCC1. The molecule has 10 heteroatoms. The molecule has 0 amide bonds. The van der Waals surface area contributed by atoms with Gasteiger partial charge in [0, 0.05) is 13.1 Å². The van der Waals surface area contributed by atoms with Gasteiger partial charge in [-0.05, 0) is 0 Å². The normalized spacial score (nSPS) is 18.9. The third-order valence-corrected chi connectivity index (χ3v) is 2.83. The summed E-state index contributed by atoms with van der Waals surface area (Å²) in [5.41, 5.74) is 0. The third-order valence-electron chi connectivity index (χ3n) is 2.32. The summed E-state index contributed by atoms with van der Waals surface area (Å²) in [6.07, 6.45) is -6.37. The number of hydrogen-bond acceptors (Lipinski definition) is 2. The highest BCUT2D eigenvalue weighted by Crippen LogP contribution is 2.47. The van der Waals surface area contributed by atoms with Gasteiger partial charge < -0.3 is 9.64 Å². The lowest BCUT2D eigenvalue weighted by Crippen LogP contribution is -2.60. The molecular weight excluding hydrogens is 291 g/mol. The van der Waals surface area contributed by atoms with Crippen LogP contribution < -0.4 is 0 Å². The van der Waals surface area contributed by atoms with E-state index in [1.807, 2.05) is 0 Å². The van der Waals surface area contributed by atoms with Gasteiger partial charge in [0.2, 0.25) is 0 Å². The maximum Gasteiger partial charge on any atom is 0.460 e. The number of nitrogens with zero attached hydrogens (tertiary/aromatic N) is 1. The average Bonchev–Trinajstić information content (AvgIpc) is 2.27. The maximum absolute atomic E-state index is 13.2. The highest BCUT2D eigenvalue weighted by atomic mass is 32.1. The largest absolute Gasteiger partial charge is 0.460 e. The minimum atomic E-state index is -6.37. The molecule has 0 aromatic rings. The van der Waals surface area contributed by atoms with Gasteiger partial charge in [0.1, 0.15) is 0 Å². The van der Waals surface area contributed by atoms with Crippen molar-refractivity contribution < 1.29 is 35.5 Å². The van der Waals surface area contributed by atoms with Crippen molar-refractivity contribution in [3.05, 3.63) is 0 Å². The van der Waals surface area contributed by atoms with Crippen molar-refractivity contribution in [1.82, 2.24) is 4.90 Å². The van der Waals surface area contributed by atoms with Crippen LogP contribution in [0.2, 0.25) is 0 Å². The van der Waals surface area contributed by atoms with E-state index in [1.54, 1.807) is 0 Å². The first-order valence-electron chi connectivity index (χ1n) is 4.71. The molecule has 18 heavy (non-hydrogen) atoms. The topological polar surface area (TPSA) is 12.5 Å². The molecule has 0 bridgehead atoms. The number of alkyl halides is 7. The number of halogens is 7. The third kappa shape index (κ3) is 2.53. The van der Waals surface area contributed by atoms with Crippen molar-refractivity contribution in [2.45, 2.75) is 18.0 Å². The Morgan fingerprint density at radius 3 is 1.78 bits per heavy atom. The predicted molar refractivity (Wildman–Crippen MR) is 50.9 cm³/mol. The Morgan fingerprint density at radius 1 is 0.944 bits per heavy atom. The second-order valence-electron chi connectivity index (χ2n) is 3.55. The second kappa shape index (κ2) is 4.80. The molecule has 1 aliphatic heterocycles. The quantitative estimate of drug-likeness (QED) is 0.574. The van der Waals surface area contributed by atoms with Crippen molar-refractivity contribution in [3.63, 3.8) is 0 Å². The Morgan fingerprint density at radius 2 is 1.39 bits per heavy atom. The van der Waals surface area contributed by atoms with Crippen LogP contribution in [0.3, 0.4) is 0 Å². The first-order chi connectivity index (χ1) is 8.02. The Bertz CT molecular complexity index is 324. The van der Waals surface area contributed by atoms with Crippen molar-refractivity contribution >= 4 is 17.2 Å². The summed E-state index contributed by atoms with van der Waals surface area (Å²) in [4.78, 5) is -1.12. The molecule has 0 aromatic carbocycles. The smallest absolute Gasteiger partial charge is 0.378 e.